The minimum atomic E-state index is -0.656. The Hall–Kier alpha value is -1.46. The van der Waals surface area contributed by atoms with Crippen LogP contribution in [-0.4, -0.2) is 42.5 Å². The molecule has 0 atom stereocenters. The van der Waals surface area contributed by atoms with Crippen molar-refractivity contribution in [3.8, 4) is 0 Å². The molecule has 2 N–H and O–H groups in total. The number of anilines is 1. The van der Waals surface area contributed by atoms with Crippen LogP contribution in [0.25, 0.3) is 0 Å². The van der Waals surface area contributed by atoms with Crippen molar-refractivity contribution < 1.29 is 9.18 Å². The lowest BCUT2D eigenvalue weighted by molar-refractivity contribution is -0.126. The number of carbonyl (C=O) groups is 1. The van der Waals surface area contributed by atoms with E-state index < -0.39 is 11.4 Å². The van der Waals surface area contributed by atoms with Gasteiger partial charge in [0.15, 0.2) is 0 Å². The second-order valence-electron chi connectivity index (χ2n) is 5.68. The van der Waals surface area contributed by atoms with Crippen molar-refractivity contribution in [2.75, 3.05) is 31.5 Å². The fraction of sp³-hybridized carbons (Fsp3) is 0.533. The quantitative estimate of drug-likeness (QED) is 0.886. The zero-order chi connectivity index (χ0) is 14.8. The molecule has 1 aromatic carbocycles. The summed E-state index contributed by atoms with van der Waals surface area (Å²) in [5.74, 6) is -0.568. The molecule has 1 aliphatic heterocycles. The van der Waals surface area contributed by atoms with Crippen LogP contribution in [0, 0.1) is 12.7 Å². The second kappa shape index (κ2) is 5.89. The van der Waals surface area contributed by atoms with Crippen LogP contribution in [0.5, 0.6) is 0 Å². The first-order valence-electron chi connectivity index (χ1n) is 6.95. The number of amides is 1. The topological polar surface area (TPSA) is 44.4 Å². The summed E-state index contributed by atoms with van der Waals surface area (Å²) in [5, 5.41) is 6.00. The van der Waals surface area contributed by atoms with Crippen LogP contribution < -0.4 is 10.6 Å². The van der Waals surface area contributed by atoms with Crippen LogP contribution in [-0.2, 0) is 4.79 Å². The lowest BCUT2D eigenvalue weighted by atomic mass is 10.00. The van der Waals surface area contributed by atoms with Gasteiger partial charge in [-0.3, -0.25) is 9.69 Å². The van der Waals surface area contributed by atoms with Crippen molar-refractivity contribution in [2.45, 2.75) is 26.3 Å². The molecular weight excluding hydrogens is 257 g/mol. The van der Waals surface area contributed by atoms with Crippen LogP contribution in [0.1, 0.15) is 19.4 Å². The molecule has 0 unspecified atom stereocenters. The average molecular weight is 279 g/mol. The maximum absolute atomic E-state index is 13.8. The van der Waals surface area contributed by atoms with E-state index in [-0.39, 0.29) is 11.6 Å². The van der Waals surface area contributed by atoms with Crippen molar-refractivity contribution in [3.63, 3.8) is 0 Å². The molecule has 110 valence electrons. The summed E-state index contributed by atoms with van der Waals surface area (Å²) in [6.07, 6.45) is 0. The number of nitrogens with one attached hydrogen (secondary N) is 2. The zero-order valence-electron chi connectivity index (χ0n) is 12.3. The Kier molecular flexibility index (Phi) is 4.40. The first-order valence-corrected chi connectivity index (χ1v) is 6.95. The molecule has 0 aliphatic carbocycles. The molecule has 1 heterocycles. The predicted molar refractivity (Wildman–Crippen MR) is 78.3 cm³/mol. The molecule has 1 amide bonds. The molecule has 1 aromatic rings. The van der Waals surface area contributed by atoms with E-state index in [4.69, 9.17) is 0 Å². The lowest BCUT2D eigenvalue weighted by Gasteiger charge is -2.39. The Balaban J connectivity index is 2.14. The molecule has 0 radical (unpaired) electrons. The zero-order valence-corrected chi connectivity index (χ0v) is 12.3. The molecule has 0 bridgehead atoms. The Morgan fingerprint density at radius 1 is 1.35 bits per heavy atom. The lowest BCUT2D eigenvalue weighted by Crippen LogP contribution is -2.58. The summed E-state index contributed by atoms with van der Waals surface area (Å²) in [4.78, 5) is 14.6. The third-order valence-electron chi connectivity index (χ3n) is 3.92. The molecule has 2 rings (SSSR count). The Labute approximate surface area is 119 Å². The number of hydrogen-bond acceptors (Lipinski definition) is 3. The molecule has 1 saturated heterocycles. The number of benzene rings is 1. The van der Waals surface area contributed by atoms with Crippen LogP contribution in [0.2, 0.25) is 0 Å². The van der Waals surface area contributed by atoms with Crippen LogP contribution in [0.4, 0.5) is 10.1 Å². The van der Waals surface area contributed by atoms with Gasteiger partial charge < -0.3 is 10.6 Å². The minimum absolute atomic E-state index is 0.174. The first kappa shape index (κ1) is 14.9. The summed E-state index contributed by atoms with van der Waals surface area (Å²) < 4.78 is 13.8. The first-order chi connectivity index (χ1) is 9.43. The maximum atomic E-state index is 13.8. The molecule has 5 heteroatoms. The Morgan fingerprint density at radius 3 is 2.60 bits per heavy atom. The second-order valence-corrected chi connectivity index (χ2v) is 5.68. The van der Waals surface area contributed by atoms with Gasteiger partial charge >= 0.3 is 0 Å². The summed E-state index contributed by atoms with van der Waals surface area (Å²) in [7, 11) is 0. The standard InChI is InChI=1S/C15H22FN3O/c1-11-5-4-6-12(16)13(11)18-14(20)15(2,3)19-9-7-17-8-10-19/h4-6,17H,7-10H2,1-3H3,(H,18,20). The molecule has 0 saturated carbocycles. The van der Waals surface area contributed by atoms with Crippen molar-refractivity contribution >= 4 is 11.6 Å². The van der Waals surface area contributed by atoms with E-state index in [1.165, 1.54) is 6.07 Å². The summed E-state index contributed by atoms with van der Waals surface area (Å²) in [5.41, 5.74) is 0.353. The molecular formula is C15H22FN3O. The summed E-state index contributed by atoms with van der Waals surface area (Å²) in [6.45, 7) is 8.92. The van der Waals surface area contributed by atoms with Gasteiger partial charge in [-0.2, -0.15) is 0 Å². The van der Waals surface area contributed by atoms with E-state index in [2.05, 4.69) is 15.5 Å². The number of aryl methyl sites for hydroxylation is 1. The molecule has 20 heavy (non-hydrogen) atoms. The number of piperazine rings is 1. The fourth-order valence-corrected chi connectivity index (χ4v) is 2.42. The number of nitrogens with zero attached hydrogens (tertiary/aromatic N) is 1. The minimum Gasteiger partial charge on any atom is -0.322 e. The number of carbonyl (C=O) groups excluding carboxylic acids is 1. The molecule has 4 nitrogen and oxygen atoms in total. The summed E-state index contributed by atoms with van der Waals surface area (Å²) >= 11 is 0. The van der Waals surface area contributed by atoms with Gasteiger partial charge in [-0.15, -0.1) is 0 Å². The van der Waals surface area contributed by atoms with E-state index in [0.717, 1.165) is 31.7 Å². The van der Waals surface area contributed by atoms with Gasteiger partial charge in [0.1, 0.15) is 5.82 Å². The van der Waals surface area contributed by atoms with Gasteiger partial charge in [-0.05, 0) is 32.4 Å². The fourth-order valence-electron chi connectivity index (χ4n) is 2.42. The highest BCUT2D eigenvalue weighted by molar-refractivity contribution is 5.98. The van der Waals surface area contributed by atoms with E-state index in [1.54, 1.807) is 19.1 Å². The Bertz CT molecular complexity index is 476. The van der Waals surface area contributed by atoms with Crippen molar-refractivity contribution in [3.05, 3.63) is 29.6 Å². The third-order valence-corrected chi connectivity index (χ3v) is 3.92. The smallest absolute Gasteiger partial charge is 0.244 e. The highest BCUT2D eigenvalue weighted by Gasteiger charge is 2.35. The van der Waals surface area contributed by atoms with E-state index >= 15 is 0 Å². The molecule has 1 aliphatic rings. The normalized spacial score (nSPS) is 17.0. The van der Waals surface area contributed by atoms with Gasteiger partial charge in [-0.1, -0.05) is 12.1 Å². The molecule has 0 aromatic heterocycles. The molecule has 1 fully saturated rings. The van der Waals surface area contributed by atoms with Crippen molar-refractivity contribution in [2.24, 2.45) is 0 Å². The number of para-hydroxylation sites is 1. The average Bonchev–Trinajstić information content (AvgIpc) is 2.43. The van der Waals surface area contributed by atoms with Crippen LogP contribution in [0.15, 0.2) is 18.2 Å². The predicted octanol–water partition coefficient (Wildman–Crippen LogP) is 1.76. The van der Waals surface area contributed by atoms with Gasteiger partial charge in [0.25, 0.3) is 0 Å². The monoisotopic (exact) mass is 279 g/mol. The number of halogens is 1. The molecule has 0 spiro atoms. The van der Waals surface area contributed by atoms with Gasteiger partial charge in [0, 0.05) is 26.2 Å². The van der Waals surface area contributed by atoms with Gasteiger partial charge in [0.05, 0.1) is 11.2 Å². The van der Waals surface area contributed by atoms with Crippen molar-refractivity contribution in [1.29, 1.82) is 0 Å². The highest BCUT2D eigenvalue weighted by atomic mass is 19.1. The third kappa shape index (κ3) is 2.99. The van der Waals surface area contributed by atoms with Crippen molar-refractivity contribution in [1.82, 2.24) is 10.2 Å². The maximum Gasteiger partial charge on any atom is 0.244 e. The van der Waals surface area contributed by atoms with Gasteiger partial charge in [-0.25, -0.2) is 4.39 Å². The van der Waals surface area contributed by atoms with Crippen LogP contribution in [0.3, 0.4) is 0 Å². The Morgan fingerprint density at radius 2 is 2.00 bits per heavy atom. The van der Waals surface area contributed by atoms with Gasteiger partial charge in [0.2, 0.25) is 5.91 Å². The summed E-state index contributed by atoms with van der Waals surface area (Å²) in [6, 6.07) is 4.79. The van der Waals surface area contributed by atoms with E-state index in [0.29, 0.717) is 0 Å². The van der Waals surface area contributed by atoms with E-state index in [9.17, 15) is 9.18 Å². The number of hydrogen-bond donors (Lipinski definition) is 2. The SMILES string of the molecule is Cc1cccc(F)c1NC(=O)C(C)(C)N1CCNCC1. The highest BCUT2D eigenvalue weighted by Crippen LogP contribution is 2.22. The largest absolute Gasteiger partial charge is 0.322 e. The van der Waals surface area contributed by atoms with E-state index in [1.807, 2.05) is 13.8 Å². The van der Waals surface area contributed by atoms with Crippen LogP contribution >= 0.6 is 0 Å². The number of rotatable bonds is 3.